The van der Waals surface area contributed by atoms with Crippen molar-refractivity contribution in [3.63, 3.8) is 0 Å². The second kappa shape index (κ2) is 7.29. The van der Waals surface area contributed by atoms with Crippen molar-refractivity contribution in [2.75, 3.05) is 36.8 Å². The number of hydrogen-bond acceptors (Lipinski definition) is 6. The molecule has 0 radical (unpaired) electrons. The average Bonchev–Trinajstić information content (AvgIpc) is 3.01. The molecule has 2 heterocycles. The van der Waals surface area contributed by atoms with E-state index in [1.54, 1.807) is 11.3 Å². The van der Waals surface area contributed by atoms with Crippen molar-refractivity contribution >= 4 is 61.1 Å². The van der Waals surface area contributed by atoms with Gasteiger partial charge in [0.15, 0.2) is 10.2 Å². The van der Waals surface area contributed by atoms with Crippen molar-refractivity contribution in [3.05, 3.63) is 22.7 Å². The zero-order valence-corrected chi connectivity index (χ0v) is 15.9. The molecule has 1 aromatic heterocycles. The van der Waals surface area contributed by atoms with E-state index in [2.05, 4.69) is 4.90 Å². The Morgan fingerprint density at radius 2 is 2.00 bits per heavy atom. The molecule has 0 aliphatic carbocycles. The van der Waals surface area contributed by atoms with Crippen LogP contribution in [0.25, 0.3) is 10.2 Å². The maximum Gasteiger partial charge on any atom is 0.233 e. The highest BCUT2D eigenvalue weighted by molar-refractivity contribution is 8.14. The Bertz CT molecular complexity index is 785. The first-order chi connectivity index (χ1) is 11.5. The van der Waals surface area contributed by atoms with Gasteiger partial charge < -0.3 is 9.80 Å². The minimum absolute atomic E-state index is 0.0227. The van der Waals surface area contributed by atoms with Gasteiger partial charge >= 0.3 is 0 Å². The quantitative estimate of drug-likeness (QED) is 0.814. The topological polar surface area (TPSA) is 53.5 Å². The third-order valence-electron chi connectivity index (χ3n) is 4.04. The molecular weight excluding hydrogens is 366 g/mol. The highest BCUT2D eigenvalue weighted by Crippen LogP contribution is 2.33. The van der Waals surface area contributed by atoms with Gasteiger partial charge in [-0.25, -0.2) is 4.98 Å². The molecule has 2 aromatic rings. The first-order valence-electron chi connectivity index (χ1n) is 7.67. The fourth-order valence-corrected chi connectivity index (χ4v) is 4.36. The number of rotatable bonds is 3. The van der Waals surface area contributed by atoms with Crippen molar-refractivity contribution in [1.82, 2.24) is 9.88 Å². The fourth-order valence-electron chi connectivity index (χ4n) is 2.63. The van der Waals surface area contributed by atoms with Crippen LogP contribution in [0.2, 0.25) is 5.02 Å². The summed E-state index contributed by atoms with van der Waals surface area (Å²) in [6, 6.07) is 3.91. The van der Waals surface area contributed by atoms with Crippen molar-refractivity contribution in [2.24, 2.45) is 0 Å². The van der Waals surface area contributed by atoms with Gasteiger partial charge in [0.05, 0.1) is 16.0 Å². The van der Waals surface area contributed by atoms with Crippen LogP contribution < -0.4 is 4.90 Å². The smallest absolute Gasteiger partial charge is 0.233 e. The van der Waals surface area contributed by atoms with Crippen LogP contribution in [0.1, 0.15) is 12.5 Å². The molecule has 1 aliphatic rings. The lowest BCUT2D eigenvalue weighted by atomic mass is 10.2. The summed E-state index contributed by atoms with van der Waals surface area (Å²) < 4.78 is 1.13. The van der Waals surface area contributed by atoms with E-state index in [1.807, 2.05) is 24.0 Å². The summed E-state index contributed by atoms with van der Waals surface area (Å²) in [6.45, 7) is 6.29. The summed E-state index contributed by atoms with van der Waals surface area (Å²) in [6.07, 6.45) is 0. The number of amides is 1. The molecule has 128 valence electrons. The van der Waals surface area contributed by atoms with Crippen LogP contribution in [0, 0.1) is 6.92 Å². The van der Waals surface area contributed by atoms with Gasteiger partial charge in [0.1, 0.15) is 0 Å². The van der Waals surface area contributed by atoms with Gasteiger partial charge in [0, 0.05) is 38.1 Å². The number of aryl methyl sites for hydroxylation is 1. The molecule has 0 spiro atoms. The lowest BCUT2D eigenvalue weighted by Gasteiger charge is -2.34. The van der Waals surface area contributed by atoms with E-state index in [0.29, 0.717) is 13.1 Å². The van der Waals surface area contributed by atoms with E-state index in [0.717, 1.165) is 50.8 Å². The van der Waals surface area contributed by atoms with Crippen LogP contribution in [-0.2, 0) is 9.59 Å². The first kappa shape index (κ1) is 17.5. The minimum atomic E-state index is -0.0227. The molecule has 1 aliphatic heterocycles. The fraction of sp³-hybridized carbons (Fsp3) is 0.438. The third-order valence-corrected chi connectivity index (χ3v) is 6.33. The predicted molar refractivity (Wildman–Crippen MR) is 101 cm³/mol. The van der Waals surface area contributed by atoms with Crippen LogP contribution in [0.5, 0.6) is 0 Å². The molecule has 8 heteroatoms. The number of carbonyl (C=O) groups excluding carboxylic acids is 2. The van der Waals surface area contributed by atoms with Crippen LogP contribution >= 0.6 is 34.7 Å². The number of thioether (sulfide) groups is 1. The summed E-state index contributed by atoms with van der Waals surface area (Å²) in [7, 11) is 0. The molecule has 0 unspecified atom stereocenters. The molecule has 0 bridgehead atoms. The van der Waals surface area contributed by atoms with E-state index < -0.39 is 0 Å². The SMILES string of the molecule is CC(=O)SCC(=O)N1CCN(c2nc3c(C)c(Cl)ccc3s2)CC1. The van der Waals surface area contributed by atoms with Crippen LogP contribution in [0.4, 0.5) is 5.13 Å². The van der Waals surface area contributed by atoms with E-state index in [1.165, 1.54) is 6.92 Å². The minimum Gasteiger partial charge on any atom is -0.345 e. The average molecular weight is 384 g/mol. The molecular formula is C16H18ClN3O2S2. The number of thiazole rings is 1. The van der Waals surface area contributed by atoms with Gasteiger partial charge in [-0.2, -0.15) is 0 Å². The van der Waals surface area contributed by atoms with E-state index in [4.69, 9.17) is 16.6 Å². The monoisotopic (exact) mass is 383 g/mol. The third kappa shape index (κ3) is 3.68. The number of nitrogens with zero attached hydrogens (tertiary/aromatic N) is 3. The van der Waals surface area contributed by atoms with E-state index in [9.17, 15) is 9.59 Å². The zero-order valence-electron chi connectivity index (χ0n) is 13.5. The zero-order chi connectivity index (χ0) is 17.3. The summed E-state index contributed by atoms with van der Waals surface area (Å²) in [5.41, 5.74) is 1.96. The molecule has 3 rings (SSSR count). The molecule has 0 atom stereocenters. The number of anilines is 1. The largest absolute Gasteiger partial charge is 0.345 e. The highest BCUT2D eigenvalue weighted by atomic mass is 35.5. The number of carbonyl (C=O) groups is 2. The summed E-state index contributed by atoms with van der Waals surface area (Å²) in [5.74, 6) is 0.260. The molecule has 24 heavy (non-hydrogen) atoms. The first-order valence-corrected chi connectivity index (χ1v) is 9.85. The van der Waals surface area contributed by atoms with Gasteiger partial charge in [0.25, 0.3) is 0 Å². The number of piperazine rings is 1. The standard InChI is InChI=1S/C16H18ClN3O2S2/c1-10-12(17)3-4-13-15(10)18-16(24-13)20-7-5-19(6-8-20)14(22)9-23-11(2)21/h3-4H,5-9H2,1-2H3. The summed E-state index contributed by atoms with van der Waals surface area (Å²) >= 11 is 8.89. The van der Waals surface area contributed by atoms with E-state index in [-0.39, 0.29) is 16.8 Å². The van der Waals surface area contributed by atoms with Crippen molar-refractivity contribution in [2.45, 2.75) is 13.8 Å². The Kier molecular flexibility index (Phi) is 5.32. The highest BCUT2D eigenvalue weighted by Gasteiger charge is 2.23. The predicted octanol–water partition coefficient (Wildman–Crippen LogP) is 3.19. The number of fused-ring (bicyclic) bond motifs is 1. The maximum absolute atomic E-state index is 12.1. The number of hydrogen-bond donors (Lipinski definition) is 0. The van der Waals surface area contributed by atoms with Gasteiger partial charge in [-0.05, 0) is 24.6 Å². The Labute approximate surface area is 154 Å². The molecule has 1 fully saturated rings. The number of aromatic nitrogens is 1. The van der Waals surface area contributed by atoms with Gasteiger partial charge in [-0.15, -0.1) is 0 Å². The van der Waals surface area contributed by atoms with Crippen molar-refractivity contribution in [3.8, 4) is 0 Å². The van der Waals surface area contributed by atoms with E-state index >= 15 is 0 Å². The Hall–Kier alpha value is -1.31. The van der Waals surface area contributed by atoms with Crippen LogP contribution in [0.3, 0.4) is 0 Å². The van der Waals surface area contributed by atoms with Gasteiger partial charge in [0.2, 0.25) is 5.91 Å². The molecule has 5 nitrogen and oxygen atoms in total. The number of halogens is 1. The molecule has 0 N–H and O–H groups in total. The van der Waals surface area contributed by atoms with Crippen molar-refractivity contribution in [1.29, 1.82) is 0 Å². The lowest BCUT2D eigenvalue weighted by Crippen LogP contribution is -2.49. The van der Waals surface area contributed by atoms with Crippen molar-refractivity contribution < 1.29 is 9.59 Å². The molecule has 1 amide bonds. The van der Waals surface area contributed by atoms with Crippen LogP contribution in [0.15, 0.2) is 12.1 Å². The number of benzene rings is 1. The Morgan fingerprint density at radius 1 is 1.29 bits per heavy atom. The van der Waals surface area contributed by atoms with Crippen LogP contribution in [-0.4, -0.2) is 52.8 Å². The Morgan fingerprint density at radius 3 is 2.67 bits per heavy atom. The summed E-state index contributed by atoms with van der Waals surface area (Å²) in [5, 5.41) is 1.68. The molecule has 1 saturated heterocycles. The second-order valence-electron chi connectivity index (χ2n) is 5.66. The van der Waals surface area contributed by atoms with Gasteiger partial charge in [-0.3, -0.25) is 9.59 Å². The maximum atomic E-state index is 12.1. The van der Waals surface area contributed by atoms with Gasteiger partial charge in [-0.1, -0.05) is 34.7 Å². The Balaban J connectivity index is 1.65. The summed E-state index contributed by atoms with van der Waals surface area (Å²) in [4.78, 5) is 31.8. The molecule has 1 aromatic carbocycles. The second-order valence-corrected chi connectivity index (χ2v) is 8.23. The normalized spacial score (nSPS) is 15.1. The lowest BCUT2D eigenvalue weighted by molar-refractivity contribution is -0.128. The molecule has 0 saturated carbocycles.